The number of benzene rings is 2. The minimum Gasteiger partial charge on any atom is -0.452 e. The third kappa shape index (κ3) is 2.34. The molecule has 0 amide bonds. The summed E-state index contributed by atoms with van der Waals surface area (Å²) >= 11 is 2.63. The third-order valence-electron chi connectivity index (χ3n) is 3.08. The van der Waals surface area contributed by atoms with Crippen LogP contribution < -0.4 is 0 Å². The summed E-state index contributed by atoms with van der Waals surface area (Å²) in [6, 6.07) is 17.2. The molecule has 0 radical (unpaired) electrons. The molecule has 2 heterocycles. The van der Waals surface area contributed by atoms with Crippen molar-refractivity contribution in [2.75, 3.05) is 0 Å². The molecule has 0 aliphatic carbocycles. The van der Waals surface area contributed by atoms with Crippen molar-refractivity contribution in [2.45, 2.75) is 4.34 Å². The number of rotatable bonds is 2. The molecule has 4 rings (SSSR count). The standard InChI is InChI=1S/C16H9NO2S2/c18-15(13-9-10-5-1-3-7-12(10)19-13)21-16-17-11-6-2-4-8-14(11)20-16/h1-9H. The zero-order valence-electron chi connectivity index (χ0n) is 10.8. The molecule has 0 unspecified atom stereocenters. The predicted octanol–water partition coefficient (Wildman–Crippen LogP) is 4.98. The molecule has 2 aromatic heterocycles. The lowest BCUT2D eigenvalue weighted by molar-refractivity contribution is 0.106. The number of thiazole rings is 1. The van der Waals surface area contributed by atoms with Gasteiger partial charge in [-0.2, -0.15) is 0 Å². The highest BCUT2D eigenvalue weighted by atomic mass is 32.2. The van der Waals surface area contributed by atoms with Crippen molar-refractivity contribution in [1.29, 1.82) is 0 Å². The number of carbonyl (C=O) groups excluding carboxylic acids is 1. The number of furan rings is 1. The van der Waals surface area contributed by atoms with E-state index in [1.807, 2.05) is 48.5 Å². The molecule has 0 saturated heterocycles. The predicted molar refractivity (Wildman–Crippen MR) is 86.0 cm³/mol. The van der Waals surface area contributed by atoms with Gasteiger partial charge in [-0.3, -0.25) is 4.79 Å². The summed E-state index contributed by atoms with van der Waals surface area (Å²) in [5.74, 6) is 0.362. The monoisotopic (exact) mass is 311 g/mol. The first-order chi connectivity index (χ1) is 10.3. The summed E-state index contributed by atoms with van der Waals surface area (Å²) in [7, 11) is 0. The largest absolute Gasteiger partial charge is 0.452 e. The summed E-state index contributed by atoms with van der Waals surface area (Å²) < 4.78 is 7.40. The number of aromatic nitrogens is 1. The maximum Gasteiger partial charge on any atom is 0.261 e. The van der Waals surface area contributed by atoms with E-state index in [-0.39, 0.29) is 5.12 Å². The molecule has 0 spiro atoms. The van der Waals surface area contributed by atoms with Gasteiger partial charge < -0.3 is 4.42 Å². The molecule has 0 fully saturated rings. The Bertz CT molecular complexity index is 889. The van der Waals surface area contributed by atoms with Gasteiger partial charge in [-0.05, 0) is 36.0 Å². The fourth-order valence-electron chi connectivity index (χ4n) is 2.11. The van der Waals surface area contributed by atoms with E-state index in [4.69, 9.17) is 4.42 Å². The lowest BCUT2D eigenvalue weighted by Gasteiger charge is -1.91. The van der Waals surface area contributed by atoms with Crippen molar-refractivity contribution < 1.29 is 9.21 Å². The maximum absolute atomic E-state index is 12.3. The topological polar surface area (TPSA) is 43.1 Å². The molecule has 3 nitrogen and oxygen atoms in total. The van der Waals surface area contributed by atoms with E-state index in [1.54, 1.807) is 6.07 Å². The van der Waals surface area contributed by atoms with Gasteiger partial charge in [-0.1, -0.05) is 30.3 Å². The van der Waals surface area contributed by atoms with Gasteiger partial charge in [0.15, 0.2) is 10.1 Å². The van der Waals surface area contributed by atoms with Crippen LogP contribution in [0.1, 0.15) is 10.6 Å². The van der Waals surface area contributed by atoms with Crippen molar-refractivity contribution in [1.82, 2.24) is 4.98 Å². The number of hydrogen-bond acceptors (Lipinski definition) is 5. The number of nitrogens with zero attached hydrogens (tertiary/aromatic N) is 1. The Morgan fingerprint density at radius 1 is 1.10 bits per heavy atom. The van der Waals surface area contributed by atoms with Crippen LogP contribution in [0, 0.1) is 0 Å². The molecule has 4 aromatic rings. The van der Waals surface area contributed by atoms with Gasteiger partial charge in [0.1, 0.15) is 5.58 Å². The molecule has 0 aliphatic rings. The second kappa shape index (κ2) is 5.02. The van der Waals surface area contributed by atoms with Crippen LogP contribution >= 0.6 is 23.1 Å². The van der Waals surface area contributed by atoms with E-state index < -0.39 is 0 Å². The zero-order valence-corrected chi connectivity index (χ0v) is 12.4. The SMILES string of the molecule is O=C(Sc1nc2ccccc2s1)c1cc2ccccc2o1. The molecular formula is C16H9NO2S2. The zero-order chi connectivity index (χ0) is 14.2. The van der Waals surface area contributed by atoms with Crippen LogP contribution in [0.4, 0.5) is 0 Å². The van der Waals surface area contributed by atoms with Crippen molar-refractivity contribution in [3.8, 4) is 0 Å². The average molecular weight is 311 g/mol. The molecule has 0 aliphatic heterocycles. The van der Waals surface area contributed by atoms with Crippen molar-refractivity contribution in [2.24, 2.45) is 0 Å². The lowest BCUT2D eigenvalue weighted by atomic mass is 10.2. The highest BCUT2D eigenvalue weighted by Gasteiger charge is 2.16. The summed E-state index contributed by atoms with van der Waals surface area (Å²) in [5.41, 5.74) is 1.65. The fraction of sp³-hybridized carbons (Fsp3) is 0. The summed E-state index contributed by atoms with van der Waals surface area (Å²) in [6.45, 7) is 0. The van der Waals surface area contributed by atoms with Crippen LogP contribution in [0.15, 0.2) is 63.4 Å². The Morgan fingerprint density at radius 2 is 1.90 bits per heavy atom. The van der Waals surface area contributed by atoms with E-state index in [2.05, 4.69) is 4.98 Å². The van der Waals surface area contributed by atoms with E-state index in [9.17, 15) is 4.79 Å². The van der Waals surface area contributed by atoms with Gasteiger partial charge in [-0.15, -0.1) is 11.3 Å². The Balaban J connectivity index is 1.65. The highest BCUT2D eigenvalue weighted by Crippen LogP contribution is 2.32. The second-order valence-electron chi connectivity index (χ2n) is 4.49. The molecule has 21 heavy (non-hydrogen) atoms. The first-order valence-corrected chi connectivity index (χ1v) is 7.99. The Hall–Kier alpha value is -2.11. The fourth-order valence-corrected chi connectivity index (χ4v) is 3.97. The van der Waals surface area contributed by atoms with Crippen molar-refractivity contribution in [3.05, 3.63) is 60.4 Å². The molecule has 102 valence electrons. The van der Waals surface area contributed by atoms with Gasteiger partial charge in [0.25, 0.3) is 5.12 Å². The summed E-state index contributed by atoms with van der Waals surface area (Å²) in [6.07, 6.45) is 0. The van der Waals surface area contributed by atoms with E-state index in [0.717, 1.165) is 37.3 Å². The quantitative estimate of drug-likeness (QED) is 0.490. The van der Waals surface area contributed by atoms with Crippen molar-refractivity contribution in [3.63, 3.8) is 0 Å². The van der Waals surface area contributed by atoms with Crippen LogP contribution in [0.25, 0.3) is 21.2 Å². The number of hydrogen-bond donors (Lipinski definition) is 0. The average Bonchev–Trinajstić information content (AvgIpc) is 3.10. The molecule has 5 heteroatoms. The van der Waals surface area contributed by atoms with Crippen LogP contribution in [0.2, 0.25) is 0 Å². The second-order valence-corrected chi connectivity index (χ2v) is 6.74. The third-order valence-corrected chi connectivity index (χ3v) is 5.06. The minimum atomic E-state index is -0.120. The van der Waals surface area contributed by atoms with Gasteiger partial charge in [0, 0.05) is 5.39 Å². The molecule has 2 aromatic carbocycles. The van der Waals surface area contributed by atoms with E-state index in [1.165, 1.54) is 11.3 Å². The maximum atomic E-state index is 12.3. The Morgan fingerprint density at radius 3 is 2.76 bits per heavy atom. The first-order valence-electron chi connectivity index (χ1n) is 6.36. The van der Waals surface area contributed by atoms with Crippen LogP contribution in [0.3, 0.4) is 0 Å². The van der Waals surface area contributed by atoms with E-state index in [0.29, 0.717) is 5.76 Å². The number of carbonyl (C=O) groups is 1. The molecular weight excluding hydrogens is 302 g/mol. The lowest BCUT2D eigenvalue weighted by Crippen LogP contribution is -1.89. The smallest absolute Gasteiger partial charge is 0.261 e. The molecule has 0 saturated carbocycles. The van der Waals surface area contributed by atoms with Gasteiger partial charge in [-0.25, -0.2) is 4.98 Å². The summed E-state index contributed by atoms with van der Waals surface area (Å²) in [4.78, 5) is 16.7. The van der Waals surface area contributed by atoms with E-state index >= 15 is 0 Å². The van der Waals surface area contributed by atoms with Crippen molar-refractivity contribution >= 4 is 49.4 Å². The normalized spacial score (nSPS) is 11.2. The first kappa shape index (κ1) is 12.6. The number of thioether (sulfide) groups is 1. The Kier molecular flexibility index (Phi) is 3.02. The van der Waals surface area contributed by atoms with Gasteiger partial charge >= 0.3 is 0 Å². The Labute approximate surface area is 128 Å². The highest BCUT2D eigenvalue weighted by molar-refractivity contribution is 8.15. The molecule has 0 N–H and O–H groups in total. The minimum absolute atomic E-state index is 0.120. The van der Waals surface area contributed by atoms with Gasteiger partial charge in [0.2, 0.25) is 0 Å². The summed E-state index contributed by atoms with van der Waals surface area (Å²) in [5, 5.41) is 0.816. The van der Waals surface area contributed by atoms with Crippen LogP contribution in [-0.2, 0) is 0 Å². The van der Waals surface area contributed by atoms with Gasteiger partial charge in [0.05, 0.1) is 10.2 Å². The number of fused-ring (bicyclic) bond motifs is 2. The molecule has 0 atom stereocenters. The molecule has 0 bridgehead atoms. The number of para-hydroxylation sites is 2. The van der Waals surface area contributed by atoms with Crippen LogP contribution in [-0.4, -0.2) is 10.1 Å². The van der Waals surface area contributed by atoms with Crippen LogP contribution in [0.5, 0.6) is 0 Å².